The number of rotatable bonds is 4. The summed E-state index contributed by atoms with van der Waals surface area (Å²) in [5.41, 5.74) is 5.71. The lowest BCUT2D eigenvalue weighted by Crippen LogP contribution is -2.53. The van der Waals surface area contributed by atoms with Crippen molar-refractivity contribution >= 4 is 35.0 Å². The molecule has 0 spiro atoms. The van der Waals surface area contributed by atoms with Crippen LogP contribution in [0.25, 0.3) is 0 Å². The van der Waals surface area contributed by atoms with Crippen molar-refractivity contribution in [3.8, 4) is 0 Å². The van der Waals surface area contributed by atoms with Gasteiger partial charge in [0.15, 0.2) is 0 Å². The third-order valence-corrected chi connectivity index (χ3v) is 4.65. The average molecular weight is 351 g/mol. The van der Waals surface area contributed by atoms with Gasteiger partial charge in [0.2, 0.25) is 11.8 Å². The second-order valence-electron chi connectivity index (χ2n) is 6.05. The molecule has 0 radical (unpaired) electrons. The Morgan fingerprint density at radius 1 is 1.21 bits per heavy atom. The van der Waals surface area contributed by atoms with Gasteiger partial charge in [-0.25, -0.2) is 4.90 Å². The molecular weight excluding hydrogens is 332 g/mol. The first-order chi connectivity index (χ1) is 11.5. The molecule has 0 aliphatic carbocycles. The van der Waals surface area contributed by atoms with Crippen molar-refractivity contribution in [1.29, 1.82) is 0 Å². The fourth-order valence-corrected chi connectivity index (χ4v) is 3.43. The highest BCUT2D eigenvalue weighted by molar-refractivity contribution is 6.31. The Labute approximate surface area is 144 Å². The molecule has 2 heterocycles. The van der Waals surface area contributed by atoms with Crippen LogP contribution >= 0.6 is 11.6 Å². The van der Waals surface area contributed by atoms with Crippen molar-refractivity contribution in [3.05, 3.63) is 29.3 Å². The molecule has 2 aliphatic heterocycles. The maximum Gasteiger partial charge on any atom is 0.251 e. The number of hydrogen-bond donors (Lipinski definition) is 1. The van der Waals surface area contributed by atoms with E-state index in [1.54, 1.807) is 24.3 Å². The molecule has 2 aliphatic rings. The number of carbonyl (C=O) groups is 3. The number of primary amides is 1. The zero-order chi connectivity index (χ0) is 17.3. The van der Waals surface area contributed by atoms with E-state index in [-0.39, 0.29) is 30.7 Å². The van der Waals surface area contributed by atoms with Crippen LogP contribution in [0.5, 0.6) is 0 Å². The van der Waals surface area contributed by atoms with Gasteiger partial charge in [-0.3, -0.25) is 24.2 Å². The van der Waals surface area contributed by atoms with E-state index in [2.05, 4.69) is 0 Å². The number of hydrogen-bond acceptors (Lipinski definition) is 5. The maximum atomic E-state index is 12.7. The normalized spacial score (nSPS) is 23.0. The van der Waals surface area contributed by atoms with Crippen LogP contribution in [0.15, 0.2) is 24.3 Å². The maximum absolute atomic E-state index is 12.7. The first-order valence-corrected chi connectivity index (χ1v) is 8.20. The summed E-state index contributed by atoms with van der Waals surface area (Å²) < 4.78 is 0. The summed E-state index contributed by atoms with van der Waals surface area (Å²) in [6.45, 7) is 2.77. The van der Waals surface area contributed by atoms with E-state index in [0.717, 1.165) is 0 Å². The van der Waals surface area contributed by atoms with Gasteiger partial charge < -0.3 is 5.73 Å². The second kappa shape index (κ2) is 6.88. The lowest BCUT2D eigenvalue weighted by molar-refractivity contribution is -0.124. The fourth-order valence-electron chi connectivity index (χ4n) is 3.24. The van der Waals surface area contributed by atoms with E-state index in [9.17, 15) is 14.4 Å². The Balaban J connectivity index is 1.68. The van der Waals surface area contributed by atoms with Crippen LogP contribution in [0.4, 0.5) is 5.69 Å². The molecule has 2 fully saturated rings. The Morgan fingerprint density at radius 3 is 2.54 bits per heavy atom. The molecule has 1 atom stereocenters. The molecule has 1 aromatic carbocycles. The molecule has 7 nitrogen and oxygen atoms in total. The van der Waals surface area contributed by atoms with E-state index in [0.29, 0.717) is 36.9 Å². The van der Waals surface area contributed by atoms with Crippen molar-refractivity contribution in [3.63, 3.8) is 0 Å². The quantitative estimate of drug-likeness (QED) is 0.777. The Kier molecular flexibility index (Phi) is 4.84. The largest absolute Gasteiger partial charge is 0.369 e. The number of imide groups is 1. The summed E-state index contributed by atoms with van der Waals surface area (Å²) in [6, 6.07) is 6.28. The molecular formula is C16H19ClN4O3. The zero-order valence-electron chi connectivity index (χ0n) is 13.2. The minimum absolute atomic E-state index is 0.168. The van der Waals surface area contributed by atoms with Gasteiger partial charge in [0.1, 0.15) is 0 Å². The summed E-state index contributed by atoms with van der Waals surface area (Å²) in [6.07, 6.45) is 0.168. The summed E-state index contributed by atoms with van der Waals surface area (Å²) in [4.78, 5) is 41.2. The van der Waals surface area contributed by atoms with E-state index in [1.807, 2.05) is 9.80 Å². The number of piperazine rings is 1. The van der Waals surface area contributed by atoms with Crippen LogP contribution in [0.3, 0.4) is 0 Å². The molecule has 8 heteroatoms. The van der Waals surface area contributed by atoms with Gasteiger partial charge >= 0.3 is 0 Å². The highest BCUT2D eigenvalue weighted by Gasteiger charge is 2.43. The number of nitrogens with two attached hydrogens (primary N) is 1. The predicted octanol–water partition coefficient (Wildman–Crippen LogP) is 0.0748. The number of anilines is 1. The van der Waals surface area contributed by atoms with Crippen LogP contribution in [-0.4, -0.2) is 66.3 Å². The van der Waals surface area contributed by atoms with Crippen molar-refractivity contribution in [2.75, 3.05) is 37.6 Å². The van der Waals surface area contributed by atoms with E-state index in [4.69, 9.17) is 17.3 Å². The van der Waals surface area contributed by atoms with E-state index in [1.165, 1.54) is 4.90 Å². The van der Waals surface area contributed by atoms with Gasteiger partial charge in [-0.1, -0.05) is 17.7 Å². The van der Waals surface area contributed by atoms with Crippen molar-refractivity contribution in [1.82, 2.24) is 9.80 Å². The van der Waals surface area contributed by atoms with Crippen LogP contribution < -0.4 is 10.6 Å². The molecule has 3 rings (SSSR count). The molecule has 0 bridgehead atoms. The van der Waals surface area contributed by atoms with Gasteiger partial charge in [0, 0.05) is 31.2 Å². The van der Waals surface area contributed by atoms with Crippen LogP contribution in [0, 0.1) is 0 Å². The van der Waals surface area contributed by atoms with Crippen LogP contribution in [0.1, 0.15) is 6.42 Å². The predicted molar refractivity (Wildman–Crippen MR) is 89.6 cm³/mol. The first-order valence-electron chi connectivity index (χ1n) is 7.83. The Bertz CT molecular complexity index is 673. The smallest absolute Gasteiger partial charge is 0.251 e. The molecule has 2 N–H and O–H groups in total. The van der Waals surface area contributed by atoms with Crippen LogP contribution in [-0.2, 0) is 14.4 Å². The van der Waals surface area contributed by atoms with Crippen molar-refractivity contribution < 1.29 is 14.4 Å². The topological polar surface area (TPSA) is 87.0 Å². The number of amides is 3. The third kappa shape index (κ3) is 3.43. The Hall–Kier alpha value is -1.96. The number of benzene rings is 1. The number of halogens is 1. The highest BCUT2D eigenvalue weighted by Crippen LogP contribution is 2.28. The minimum atomic E-state index is -0.452. The van der Waals surface area contributed by atoms with Gasteiger partial charge in [-0.15, -0.1) is 0 Å². The lowest BCUT2D eigenvalue weighted by atomic mass is 10.1. The molecule has 0 aromatic heterocycles. The third-order valence-electron chi connectivity index (χ3n) is 4.42. The van der Waals surface area contributed by atoms with Gasteiger partial charge in [-0.05, 0) is 18.2 Å². The lowest BCUT2D eigenvalue weighted by Gasteiger charge is -2.36. The highest BCUT2D eigenvalue weighted by atomic mass is 35.5. The summed E-state index contributed by atoms with van der Waals surface area (Å²) in [5, 5.41) is 0.483. The van der Waals surface area contributed by atoms with Gasteiger partial charge in [0.05, 0.1) is 24.7 Å². The molecule has 2 saturated heterocycles. The molecule has 24 heavy (non-hydrogen) atoms. The fraction of sp³-hybridized carbons (Fsp3) is 0.438. The number of nitrogens with zero attached hydrogens (tertiary/aromatic N) is 3. The minimum Gasteiger partial charge on any atom is -0.369 e. The molecule has 3 amide bonds. The van der Waals surface area contributed by atoms with Gasteiger partial charge in [-0.2, -0.15) is 0 Å². The SMILES string of the molecule is NC(=O)CN1CCN([C@@H]2CC(=O)N(c3cccc(Cl)c3)C2=O)CC1. The number of carbonyl (C=O) groups excluding carboxylic acids is 3. The monoisotopic (exact) mass is 350 g/mol. The van der Waals surface area contributed by atoms with E-state index >= 15 is 0 Å². The standard InChI is InChI=1S/C16H19ClN4O3/c17-11-2-1-3-12(8-11)21-15(23)9-13(16(21)24)20-6-4-19(5-7-20)10-14(18)22/h1-3,8,13H,4-7,9-10H2,(H2,18,22)/t13-/m1/s1. The van der Waals surface area contributed by atoms with Crippen LogP contribution in [0.2, 0.25) is 5.02 Å². The van der Waals surface area contributed by atoms with Gasteiger partial charge in [0.25, 0.3) is 5.91 Å². The Morgan fingerprint density at radius 2 is 1.92 bits per heavy atom. The first kappa shape index (κ1) is 16.9. The summed E-state index contributed by atoms with van der Waals surface area (Å²) >= 11 is 5.96. The van der Waals surface area contributed by atoms with Crippen molar-refractivity contribution in [2.45, 2.75) is 12.5 Å². The molecule has 1 aromatic rings. The van der Waals surface area contributed by atoms with E-state index < -0.39 is 6.04 Å². The zero-order valence-corrected chi connectivity index (χ0v) is 13.9. The van der Waals surface area contributed by atoms with Crippen molar-refractivity contribution in [2.24, 2.45) is 5.73 Å². The summed E-state index contributed by atoms with van der Waals surface area (Å²) in [7, 11) is 0. The second-order valence-corrected chi connectivity index (χ2v) is 6.48. The molecule has 0 saturated carbocycles. The molecule has 128 valence electrons. The summed E-state index contributed by atoms with van der Waals surface area (Å²) in [5.74, 6) is -0.792. The molecule has 0 unspecified atom stereocenters. The average Bonchev–Trinajstić information content (AvgIpc) is 2.82.